The van der Waals surface area contributed by atoms with Crippen molar-refractivity contribution >= 4 is 11.6 Å². The lowest BCUT2D eigenvalue weighted by Gasteiger charge is -2.06. The van der Waals surface area contributed by atoms with Crippen LogP contribution in [-0.4, -0.2) is 36.7 Å². The molecule has 0 aliphatic heterocycles. The first kappa shape index (κ1) is 19.0. The molecule has 144 valence electrons. The van der Waals surface area contributed by atoms with Gasteiger partial charge in [-0.2, -0.15) is 0 Å². The van der Waals surface area contributed by atoms with Crippen LogP contribution in [0.15, 0.2) is 47.4 Å². The Hall–Kier alpha value is -3.82. The highest BCUT2D eigenvalue weighted by molar-refractivity contribution is 5.94. The van der Waals surface area contributed by atoms with Crippen molar-refractivity contribution in [2.24, 2.45) is 7.05 Å². The molecule has 3 aromatic rings. The van der Waals surface area contributed by atoms with Gasteiger partial charge < -0.3 is 5.32 Å². The summed E-state index contributed by atoms with van der Waals surface area (Å²) in [5.41, 5.74) is 0.773. The first-order valence-electron chi connectivity index (χ1n) is 8.47. The third kappa shape index (κ3) is 3.80. The number of nitro benzene ring substituents is 1. The van der Waals surface area contributed by atoms with Crippen LogP contribution in [-0.2, 0) is 13.6 Å². The Balaban J connectivity index is 1.69. The monoisotopic (exact) mass is 382 g/mol. The molecule has 0 unspecified atom stereocenters. The van der Waals surface area contributed by atoms with Crippen LogP contribution in [0.4, 0.5) is 5.69 Å². The molecular formula is C18H18N6O4. The van der Waals surface area contributed by atoms with E-state index in [1.165, 1.54) is 27.4 Å². The van der Waals surface area contributed by atoms with Crippen molar-refractivity contribution in [2.45, 2.75) is 13.5 Å². The number of nitrogens with one attached hydrogen (secondary N) is 1. The van der Waals surface area contributed by atoms with E-state index in [0.717, 1.165) is 0 Å². The maximum Gasteiger partial charge on any atom is 0.346 e. The van der Waals surface area contributed by atoms with Gasteiger partial charge in [0.15, 0.2) is 5.82 Å². The zero-order valence-electron chi connectivity index (χ0n) is 15.3. The van der Waals surface area contributed by atoms with Crippen LogP contribution < -0.4 is 11.0 Å². The van der Waals surface area contributed by atoms with E-state index < -0.39 is 10.8 Å². The van der Waals surface area contributed by atoms with E-state index in [-0.39, 0.29) is 30.0 Å². The molecule has 0 aliphatic carbocycles. The largest absolute Gasteiger partial charge is 0.350 e. The van der Waals surface area contributed by atoms with Gasteiger partial charge in [-0.05, 0) is 25.1 Å². The summed E-state index contributed by atoms with van der Waals surface area (Å²) >= 11 is 0. The van der Waals surface area contributed by atoms with Crippen molar-refractivity contribution in [1.29, 1.82) is 0 Å². The number of rotatable bonds is 6. The third-order valence-corrected chi connectivity index (χ3v) is 4.21. The highest BCUT2D eigenvalue weighted by Crippen LogP contribution is 2.19. The topological polar surface area (TPSA) is 125 Å². The molecule has 0 aliphatic rings. The molecule has 10 nitrogen and oxygen atoms in total. The fraction of sp³-hybridized carbons (Fsp3) is 0.222. The standard InChI is InChI=1S/C18H18N6O4/c1-12-6-7-13(11-15(12)24(27)28)17(25)20-9-10-23-18(26)22(2)16(21-23)14-5-3-4-8-19-14/h3-8,11H,9-10H2,1-2H3,(H,20,25). The number of hydrogen-bond donors (Lipinski definition) is 1. The van der Waals surface area contributed by atoms with Crippen LogP contribution >= 0.6 is 0 Å². The van der Waals surface area contributed by atoms with Crippen LogP contribution in [0.2, 0.25) is 0 Å². The van der Waals surface area contributed by atoms with Crippen molar-refractivity contribution < 1.29 is 9.72 Å². The van der Waals surface area contributed by atoms with Crippen LogP contribution in [0.5, 0.6) is 0 Å². The summed E-state index contributed by atoms with van der Waals surface area (Å²) < 4.78 is 2.62. The quantitative estimate of drug-likeness (QED) is 0.506. The number of aryl methyl sites for hydroxylation is 1. The molecule has 1 N–H and O–H groups in total. The van der Waals surface area contributed by atoms with Gasteiger partial charge in [-0.3, -0.25) is 24.5 Å². The second-order valence-corrected chi connectivity index (χ2v) is 6.12. The van der Waals surface area contributed by atoms with E-state index in [4.69, 9.17) is 0 Å². The molecule has 2 aromatic heterocycles. The summed E-state index contributed by atoms with van der Waals surface area (Å²) in [6, 6.07) is 9.59. The van der Waals surface area contributed by atoms with E-state index in [1.54, 1.807) is 38.4 Å². The summed E-state index contributed by atoms with van der Waals surface area (Å²) in [7, 11) is 1.60. The fourth-order valence-electron chi connectivity index (χ4n) is 2.68. The number of nitro groups is 1. The summed E-state index contributed by atoms with van der Waals surface area (Å²) in [6.07, 6.45) is 1.61. The van der Waals surface area contributed by atoms with Crippen molar-refractivity contribution in [1.82, 2.24) is 24.6 Å². The molecule has 28 heavy (non-hydrogen) atoms. The second-order valence-electron chi connectivity index (χ2n) is 6.12. The molecule has 1 amide bonds. The van der Waals surface area contributed by atoms with Crippen LogP contribution in [0.25, 0.3) is 11.5 Å². The molecule has 0 fully saturated rings. The molecule has 1 aromatic carbocycles. The first-order valence-corrected chi connectivity index (χ1v) is 8.47. The number of hydrogen-bond acceptors (Lipinski definition) is 6. The van der Waals surface area contributed by atoms with E-state index in [0.29, 0.717) is 17.1 Å². The lowest BCUT2D eigenvalue weighted by molar-refractivity contribution is -0.385. The predicted octanol–water partition coefficient (Wildman–Crippen LogP) is 1.29. The van der Waals surface area contributed by atoms with Gasteiger partial charge in [-0.15, -0.1) is 5.10 Å². The molecule has 0 atom stereocenters. The highest BCUT2D eigenvalue weighted by atomic mass is 16.6. The van der Waals surface area contributed by atoms with Crippen molar-refractivity contribution in [3.8, 4) is 11.5 Å². The summed E-state index contributed by atoms with van der Waals surface area (Å²) in [4.78, 5) is 39.2. The van der Waals surface area contributed by atoms with Gasteiger partial charge in [0.1, 0.15) is 5.69 Å². The van der Waals surface area contributed by atoms with Gasteiger partial charge in [-0.1, -0.05) is 12.1 Å². The Bertz CT molecular complexity index is 1090. The molecule has 3 rings (SSSR count). The van der Waals surface area contributed by atoms with Crippen LogP contribution in [0.1, 0.15) is 15.9 Å². The Morgan fingerprint density at radius 1 is 1.29 bits per heavy atom. The minimum Gasteiger partial charge on any atom is -0.350 e. The van der Waals surface area contributed by atoms with E-state index in [2.05, 4.69) is 15.4 Å². The fourth-order valence-corrected chi connectivity index (χ4v) is 2.68. The summed E-state index contributed by atoms with van der Waals surface area (Å²) in [6.45, 7) is 1.89. The zero-order valence-corrected chi connectivity index (χ0v) is 15.3. The summed E-state index contributed by atoms with van der Waals surface area (Å²) in [5.74, 6) is -0.0388. The summed E-state index contributed by atoms with van der Waals surface area (Å²) in [5, 5.41) is 17.9. The molecule has 10 heteroatoms. The number of carbonyl (C=O) groups excluding carboxylic acids is 1. The smallest absolute Gasteiger partial charge is 0.346 e. The van der Waals surface area contributed by atoms with Crippen molar-refractivity contribution in [2.75, 3.05) is 6.54 Å². The lowest BCUT2D eigenvalue weighted by atomic mass is 10.1. The van der Waals surface area contributed by atoms with E-state index >= 15 is 0 Å². The molecule has 0 saturated heterocycles. The molecule has 0 saturated carbocycles. The van der Waals surface area contributed by atoms with Crippen molar-refractivity contribution in [3.63, 3.8) is 0 Å². The molecular weight excluding hydrogens is 364 g/mol. The van der Waals surface area contributed by atoms with Gasteiger partial charge in [0.2, 0.25) is 0 Å². The van der Waals surface area contributed by atoms with Gasteiger partial charge in [0, 0.05) is 37.0 Å². The maximum absolute atomic E-state index is 12.3. The van der Waals surface area contributed by atoms with Crippen molar-refractivity contribution in [3.05, 3.63) is 74.3 Å². The third-order valence-electron chi connectivity index (χ3n) is 4.21. The number of pyridine rings is 1. The van der Waals surface area contributed by atoms with E-state index in [9.17, 15) is 19.7 Å². The molecule has 0 spiro atoms. The zero-order chi connectivity index (χ0) is 20.3. The Kier molecular flexibility index (Phi) is 5.30. The average Bonchev–Trinajstić information content (AvgIpc) is 2.97. The van der Waals surface area contributed by atoms with Gasteiger partial charge in [0.25, 0.3) is 11.6 Å². The number of carbonyl (C=O) groups is 1. The number of benzene rings is 1. The Morgan fingerprint density at radius 3 is 2.75 bits per heavy atom. The number of amides is 1. The SMILES string of the molecule is Cc1ccc(C(=O)NCCn2nc(-c3ccccn3)n(C)c2=O)cc1[N+](=O)[O-]. The van der Waals surface area contributed by atoms with E-state index in [1.807, 2.05) is 0 Å². The molecule has 0 bridgehead atoms. The Morgan fingerprint density at radius 2 is 2.07 bits per heavy atom. The molecule has 2 heterocycles. The average molecular weight is 382 g/mol. The number of aromatic nitrogens is 4. The second kappa shape index (κ2) is 7.82. The van der Waals surface area contributed by atoms with Gasteiger partial charge >= 0.3 is 5.69 Å². The van der Waals surface area contributed by atoms with Crippen LogP contribution in [0.3, 0.4) is 0 Å². The minimum absolute atomic E-state index is 0.117. The maximum atomic E-state index is 12.3. The highest BCUT2D eigenvalue weighted by Gasteiger charge is 2.16. The normalized spacial score (nSPS) is 10.6. The predicted molar refractivity (Wildman–Crippen MR) is 101 cm³/mol. The van der Waals surface area contributed by atoms with Gasteiger partial charge in [0.05, 0.1) is 11.5 Å². The number of nitrogens with zero attached hydrogens (tertiary/aromatic N) is 5. The lowest BCUT2D eigenvalue weighted by Crippen LogP contribution is -2.31. The minimum atomic E-state index is -0.529. The van der Waals surface area contributed by atoms with Crippen LogP contribution in [0, 0.1) is 17.0 Å². The Labute approximate surface area is 159 Å². The molecule has 0 radical (unpaired) electrons. The van der Waals surface area contributed by atoms with Gasteiger partial charge in [-0.25, -0.2) is 9.48 Å². The first-order chi connectivity index (χ1) is 13.4.